The number of unbranched alkanes of at least 4 members (excludes halogenated alkanes) is 9. The van der Waals surface area contributed by atoms with Gasteiger partial charge in [0.05, 0.1) is 6.10 Å². The fourth-order valence-electron chi connectivity index (χ4n) is 2.49. The Morgan fingerprint density at radius 2 is 1.25 bits per heavy atom. The lowest BCUT2D eigenvalue weighted by Crippen LogP contribution is -2.05. The number of carboxylic acid groups (broad SMARTS) is 1. The van der Waals surface area contributed by atoms with Crippen LogP contribution in [0.2, 0.25) is 0 Å². The summed E-state index contributed by atoms with van der Waals surface area (Å²) in [7, 11) is 0. The first-order valence-corrected chi connectivity index (χ1v) is 8.56. The highest BCUT2D eigenvalue weighted by Crippen LogP contribution is 2.13. The highest BCUT2D eigenvalue weighted by molar-refractivity contribution is 5.66. The van der Waals surface area contributed by atoms with Crippen molar-refractivity contribution in [2.24, 2.45) is 0 Å². The molecule has 0 aliphatic rings. The van der Waals surface area contributed by atoms with Crippen LogP contribution in [0, 0.1) is 0 Å². The predicted molar refractivity (Wildman–Crippen MR) is 84.0 cm³/mol. The highest BCUT2D eigenvalue weighted by atomic mass is 16.4. The zero-order valence-corrected chi connectivity index (χ0v) is 13.3. The SMILES string of the molecule is CCCCC[C@@H](O)CCCCCCCCCCC(=O)O. The molecule has 0 radical (unpaired) electrons. The minimum Gasteiger partial charge on any atom is -0.481 e. The van der Waals surface area contributed by atoms with Crippen LogP contribution in [0.5, 0.6) is 0 Å². The Morgan fingerprint density at radius 3 is 1.75 bits per heavy atom. The van der Waals surface area contributed by atoms with E-state index in [4.69, 9.17) is 5.11 Å². The molecule has 0 rings (SSSR count). The van der Waals surface area contributed by atoms with Crippen LogP contribution in [-0.2, 0) is 4.79 Å². The summed E-state index contributed by atoms with van der Waals surface area (Å²) in [6.45, 7) is 2.19. The molecule has 20 heavy (non-hydrogen) atoms. The van der Waals surface area contributed by atoms with Crippen molar-refractivity contribution < 1.29 is 15.0 Å². The lowest BCUT2D eigenvalue weighted by Gasteiger charge is -2.09. The minimum absolute atomic E-state index is 0.0856. The van der Waals surface area contributed by atoms with Crippen LogP contribution in [0.3, 0.4) is 0 Å². The third kappa shape index (κ3) is 15.5. The predicted octanol–water partition coefficient (Wildman–Crippen LogP) is 4.91. The van der Waals surface area contributed by atoms with Crippen molar-refractivity contribution in [2.75, 3.05) is 0 Å². The number of hydrogen-bond donors (Lipinski definition) is 2. The molecule has 120 valence electrons. The summed E-state index contributed by atoms with van der Waals surface area (Å²) in [4.78, 5) is 10.3. The lowest BCUT2D eigenvalue weighted by molar-refractivity contribution is -0.137. The first kappa shape index (κ1) is 19.4. The van der Waals surface area contributed by atoms with Gasteiger partial charge in [0.25, 0.3) is 0 Å². The number of carbonyl (C=O) groups is 1. The molecule has 3 nitrogen and oxygen atoms in total. The van der Waals surface area contributed by atoms with Gasteiger partial charge in [-0.1, -0.05) is 71.1 Å². The number of aliphatic carboxylic acids is 1. The van der Waals surface area contributed by atoms with E-state index in [0.717, 1.165) is 44.9 Å². The maximum Gasteiger partial charge on any atom is 0.303 e. The van der Waals surface area contributed by atoms with Gasteiger partial charge in [0, 0.05) is 6.42 Å². The number of aliphatic hydroxyl groups is 1. The van der Waals surface area contributed by atoms with Crippen molar-refractivity contribution in [3.8, 4) is 0 Å². The van der Waals surface area contributed by atoms with E-state index in [0.29, 0.717) is 6.42 Å². The lowest BCUT2D eigenvalue weighted by atomic mass is 10.0. The van der Waals surface area contributed by atoms with Gasteiger partial charge in [-0.25, -0.2) is 0 Å². The van der Waals surface area contributed by atoms with E-state index in [-0.39, 0.29) is 6.10 Å². The standard InChI is InChI=1S/C17H34O3/c1-2-3-10-13-16(18)14-11-8-6-4-5-7-9-12-15-17(19)20/h16,18H,2-15H2,1H3,(H,19,20)/t16-/m1/s1. The number of rotatable bonds is 15. The van der Waals surface area contributed by atoms with Crippen molar-refractivity contribution >= 4 is 5.97 Å². The summed E-state index contributed by atoms with van der Waals surface area (Å²) in [5.74, 6) is -0.678. The first-order valence-electron chi connectivity index (χ1n) is 8.56. The second-order valence-electron chi connectivity index (χ2n) is 5.91. The van der Waals surface area contributed by atoms with Gasteiger partial charge in [0.2, 0.25) is 0 Å². The molecule has 0 saturated carbocycles. The van der Waals surface area contributed by atoms with Crippen LogP contribution in [0.25, 0.3) is 0 Å². The van der Waals surface area contributed by atoms with Gasteiger partial charge < -0.3 is 10.2 Å². The Balaban J connectivity index is 3.10. The zero-order chi connectivity index (χ0) is 15.1. The molecular formula is C17H34O3. The van der Waals surface area contributed by atoms with Gasteiger partial charge in [0.15, 0.2) is 0 Å². The highest BCUT2D eigenvalue weighted by Gasteiger charge is 2.03. The van der Waals surface area contributed by atoms with Crippen LogP contribution in [0.1, 0.15) is 96.8 Å². The summed E-state index contributed by atoms with van der Waals surface area (Å²) in [5.41, 5.74) is 0. The molecule has 0 aliphatic heterocycles. The van der Waals surface area contributed by atoms with Gasteiger partial charge >= 0.3 is 5.97 Å². The first-order chi connectivity index (χ1) is 9.66. The molecule has 0 amide bonds. The largest absolute Gasteiger partial charge is 0.481 e. The minimum atomic E-state index is -0.678. The van der Waals surface area contributed by atoms with Gasteiger partial charge in [0.1, 0.15) is 0 Å². The van der Waals surface area contributed by atoms with E-state index in [1.807, 2.05) is 0 Å². The Labute approximate surface area is 124 Å². The summed E-state index contributed by atoms with van der Waals surface area (Å²) in [6.07, 6.45) is 14.9. The van der Waals surface area contributed by atoms with Crippen LogP contribution < -0.4 is 0 Å². The van der Waals surface area contributed by atoms with Crippen molar-refractivity contribution in [1.82, 2.24) is 0 Å². The molecule has 0 spiro atoms. The van der Waals surface area contributed by atoms with E-state index in [9.17, 15) is 9.90 Å². The molecular weight excluding hydrogens is 252 g/mol. The maximum absolute atomic E-state index is 10.3. The molecule has 1 atom stereocenters. The summed E-state index contributed by atoms with van der Waals surface area (Å²) in [5, 5.41) is 18.3. The Hall–Kier alpha value is -0.570. The normalized spacial score (nSPS) is 12.5. The van der Waals surface area contributed by atoms with E-state index in [1.54, 1.807) is 0 Å². The van der Waals surface area contributed by atoms with Crippen molar-refractivity contribution in [3.63, 3.8) is 0 Å². The Morgan fingerprint density at radius 1 is 0.800 bits per heavy atom. The van der Waals surface area contributed by atoms with Crippen LogP contribution >= 0.6 is 0 Å². The average Bonchev–Trinajstić information content (AvgIpc) is 2.41. The molecule has 3 heteroatoms. The van der Waals surface area contributed by atoms with Crippen molar-refractivity contribution in [2.45, 2.75) is 103 Å². The maximum atomic E-state index is 10.3. The van der Waals surface area contributed by atoms with E-state index >= 15 is 0 Å². The average molecular weight is 286 g/mol. The van der Waals surface area contributed by atoms with Gasteiger partial charge in [-0.2, -0.15) is 0 Å². The smallest absolute Gasteiger partial charge is 0.303 e. The third-order valence-corrected chi connectivity index (χ3v) is 3.82. The Bertz CT molecular complexity index is 216. The molecule has 0 heterocycles. The fourth-order valence-corrected chi connectivity index (χ4v) is 2.49. The summed E-state index contributed by atoms with van der Waals surface area (Å²) in [6, 6.07) is 0. The quantitative estimate of drug-likeness (QED) is 0.420. The van der Waals surface area contributed by atoms with E-state index in [1.165, 1.54) is 38.5 Å². The Kier molecular flexibility index (Phi) is 14.4. The number of aliphatic hydroxyl groups excluding tert-OH is 1. The van der Waals surface area contributed by atoms with E-state index < -0.39 is 5.97 Å². The molecule has 0 saturated heterocycles. The second kappa shape index (κ2) is 14.8. The van der Waals surface area contributed by atoms with E-state index in [2.05, 4.69) is 6.92 Å². The van der Waals surface area contributed by atoms with Crippen molar-refractivity contribution in [3.05, 3.63) is 0 Å². The van der Waals surface area contributed by atoms with Gasteiger partial charge in [-0.05, 0) is 19.3 Å². The molecule has 0 aromatic heterocycles. The third-order valence-electron chi connectivity index (χ3n) is 3.82. The van der Waals surface area contributed by atoms with Crippen LogP contribution in [-0.4, -0.2) is 22.3 Å². The molecule has 0 unspecified atom stereocenters. The van der Waals surface area contributed by atoms with Gasteiger partial charge in [-0.3, -0.25) is 4.79 Å². The fraction of sp³-hybridized carbons (Fsp3) is 0.941. The molecule has 0 aromatic rings. The molecule has 2 N–H and O–H groups in total. The second-order valence-corrected chi connectivity index (χ2v) is 5.91. The topological polar surface area (TPSA) is 57.5 Å². The molecule has 0 bridgehead atoms. The zero-order valence-electron chi connectivity index (χ0n) is 13.3. The van der Waals surface area contributed by atoms with Crippen LogP contribution in [0.4, 0.5) is 0 Å². The summed E-state index contributed by atoms with van der Waals surface area (Å²) < 4.78 is 0. The molecule has 0 fully saturated rings. The van der Waals surface area contributed by atoms with Crippen LogP contribution in [0.15, 0.2) is 0 Å². The van der Waals surface area contributed by atoms with Gasteiger partial charge in [-0.15, -0.1) is 0 Å². The molecule has 0 aliphatic carbocycles. The summed E-state index contributed by atoms with van der Waals surface area (Å²) >= 11 is 0. The molecule has 0 aromatic carbocycles. The number of carboxylic acids is 1. The number of hydrogen-bond acceptors (Lipinski definition) is 2. The van der Waals surface area contributed by atoms with Crippen molar-refractivity contribution in [1.29, 1.82) is 0 Å². The monoisotopic (exact) mass is 286 g/mol.